The lowest BCUT2D eigenvalue weighted by Gasteiger charge is -2.12. The van der Waals surface area contributed by atoms with E-state index in [1.165, 1.54) is 18.2 Å². The van der Waals surface area contributed by atoms with E-state index in [9.17, 15) is 23.1 Å². The fourth-order valence-corrected chi connectivity index (χ4v) is 4.68. The van der Waals surface area contributed by atoms with E-state index in [0.29, 0.717) is 21.6 Å². The predicted molar refractivity (Wildman–Crippen MR) is 126 cm³/mol. The average Bonchev–Trinajstić information content (AvgIpc) is 3.09. The molecule has 168 valence electrons. The number of amides is 1. The molecule has 0 aliphatic carbocycles. The lowest BCUT2D eigenvalue weighted by atomic mass is 10.1. The highest BCUT2D eigenvalue weighted by Gasteiger charge is 2.24. The molecule has 4 rings (SSSR count). The number of benzene rings is 3. The average molecular weight is 484 g/mol. The summed E-state index contributed by atoms with van der Waals surface area (Å²) in [6.07, 6.45) is 0. The molecule has 4 aromatic rings. The first-order valence-electron chi connectivity index (χ1n) is 9.70. The maximum atomic E-state index is 12.9. The third-order valence-electron chi connectivity index (χ3n) is 4.93. The van der Waals surface area contributed by atoms with Crippen LogP contribution < -0.4 is 10.0 Å². The monoisotopic (exact) mass is 483 g/mol. The number of ketones is 1. The van der Waals surface area contributed by atoms with Crippen LogP contribution in [0.25, 0.3) is 10.9 Å². The Bertz CT molecular complexity index is 1510. The summed E-state index contributed by atoms with van der Waals surface area (Å²) in [6.45, 7) is 1.67. The van der Waals surface area contributed by atoms with E-state index >= 15 is 0 Å². The quantitative estimate of drug-likeness (QED) is 0.183. The van der Waals surface area contributed by atoms with Crippen LogP contribution in [0.15, 0.2) is 71.6 Å². The number of fused-ring (bicyclic) bond motifs is 1. The number of aromatic nitrogens is 1. The van der Waals surface area contributed by atoms with Gasteiger partial charge in [-0.2, -0.15) is 0 Å². The van der Waals surface area contributed by atoms with E-state index in [4.69, 9.17) is 11.6 Å². The van der Waals surface area contributed by atoms with Crippen molar-refractivity contribution in [2.75, 3.05) is 10.0 Å². The van der Waals surface area contributed by atoms with Gasteiger partial charge < -0.3 is 15.4 Å². The number of H-pyrrole nitrogens is 1. The van der Waals surface area contributed by atoms with E-state index in [-0.39, 0.29) is 21.8 Å². The molecule has 3 aromatic carbocycles. The van der Waals surface area contributed by atoms with Gasteiger partial charge in [0.25, 0.3) is 21.7 Å². The summed E-state index contributed by atoms with van der Waals surface area (Å²) in [7, 11) is -4.07. The van der Waals surface area contributed by atoms with Gasteiger partial charge in [0.05, 0.1) is 21.8 Å². The van der Waals surface area contributed by atoms with Gasteiger partial charge in [-0.05, 0) is 49.4 Å². The lowest BCUT2D eigenvalue weighted by Crippen LogP contribution is -2.23. The van der Waals surface area contributed by atoms with Crippen LogP contribution in [0.2, 0.25) is 5.02 Å². The van der Waals surface area contributed by atoms with Crippen LogP contribution in [0, 0.1) is 6.92 Å². The van der Waals surface area contributed by atoms with E-state index in [0.717, 1.165) is 12.1 Å². The molecule has 0 atom stereocenters. The number of aromatic hydroxyl groups is 1. The van der Waals surface area contributed by atoms with Gasteiger partial charge in [0.15, 0.2) is 0 Å². The molecule has 0 spiro atoms. The Morgan fingerprint density at radius 3 is 2.52 bits per heavy atom. The molecule has 8 nitrogen and oxygen atoms in total. The van der Waals surface area contributed by atoms with Crippen molar-refractivity contribution in [3.05, 3.63) is 83.0 Å². The van der Waals surface area contributed by atoms with Crippen molar-refractivity contribution >= 4 is 55.6 Å². The number of carbonyl (C=O) groups is 2. The largest absolute Gasteiger partial charge is 0.506 e. The van der Waals surface area contributed by atoms with Gasteiger partial charge in [0.2, 0.25) is 0 Å². The zero-order valence-corrected chi connectivity index (χ0v) is 18.8. The highest BCUT2D eigenvalue weighted by Crippen LogP contribution is 2.29. The van der Waals surface area contributed by atoms with E-state index in [2.05, 4.69) is 15.0 Å². The fraction of sp³-hybridized carbons (Fsp3) is 0.0435. The minimum Gasteiger partial charge on any atom is -0.506 e. The van der Waals surface area contributed by atoms with Crippen LogP contribution in [0.3, 0.4) is 0 Å². The molecule has 0 fully saturated rings. The number of rotatable bonds is 6. The summed E-state index contributed by atoms with van der Waals surface area (Å²) in [5.74, 6) is -2.24. The van der Waals surface area contributed by atoms with E-state index in [1.54, 1.807) is 43.3 Å². The minimum atomic E-state index is -4.07. The summed E-state index contributed by atoms with van der Waals surface area (Å²) >= 11 is 5.89. The number of para-hydroxylation sites is 1. The van der Waals surface area contributed by atoms with Gasteiger partial charge >= 0.3 is 0 Å². The molecule has 0 bridgehead atoms. The standard InChI is InChI=1S/C23H18ClN3O5S/c1-13-21(17-7-2-3-8-18(17)25-13)22(29)23(30)26-19-12-16(9-10-20(19)28)33(31,32)27-15-6-4-5-14(24)11-15/h2-12,25,27-28H,1H3,(H,26,30). The summed E-state index contributed by atoms with van der Waals surface area (Å²) in [4.78, 5) is 28.4. The van der Waals surface area contributed by atoms with E-state index < -0.39 is 27.5 Å². The smallest absolute Gasteiger partial charge is 0.296 e. The van der Waals surface area contributed by atoms with Gasteiger partial charge in [-0.25, -0.2) is 8.42 Å². The summed E-state index contributed by atoms with van der Waals surface area (Å²) < 4.78 is 27.9. The van der Waals surface area contributed by atoms with Crippen molar-refractivity contribution in [1.82, 2.24) is 4.98 Å². The van der Waals surface area contributed by atoms with Crippen molar-refractivity contribution in [3.8, 4) is 5.75 Å². The van der Waals surface area contributed by atoms with Crippen LogP contribution in [0.4, 0.5) is 11.4 Å². The maximum absolute atomic E-state index is 12.9. The number of anilines is 2. The highest BCUT2D eigenvalue weighted by molar-refractivity contribution is 7.92. The number of halogens is 1. The van der Waals surface area contributed by atoms with Crippen molar-refractivity contribution < 1.29 is 23.1 Å². The molecule has 1 heterocycles. The van der Waals surface area contributed by atoms with Crippen molar-refractivity contribution in [2.45, 2.75) is 11.8 Å². The number of carbonyl (C=O) groups excluding carboxylic acids is 2. The minimum absolute atomic E-state index is 0.203. The van der Waals surface area contributed by atoms with Gasteiger partial charge in [0.1, 0.15) is 5.75 Å². The van der Waals surface area contributed by atoms with Crippen molar-refractivity contribution in [2.24, 2.45) is 0 Å². The van der Waals surface area contributed by atoms with E-state index in [1.807, 2.05) is 0 Å². The predicted octanol–water partition coefficient (Wildman–Crippen LogP) is 4.46. The van der Waals surface area contributed by atoms with Gasteiger partial charge in [-0.1, -0.05) is 35.9 Å². The zero-order valence-electron chi connectivity index (χ0n) is 17.2. The molecule has 0 radical (unpaired) electrons. The number of sulfonamides is 1. The van der Waals surface area contributed by atoms with Crippen molar-refractivity contribution in [3.63, 3.8) is 0 Å². The Morgan fingerprint density at radius 2 is 1.76 bits per heavy atom. The molecule has 0 saturated heterocycles. The number of phenols is 1. The topological polar surface area (TPSA) is 128 Å². The molecule has 33 heavy (non-hydrogen) atoms. The third kappa shape index (κ3) is 4.55. The Labute approximate surface area is 194 Å². The molecule has 0 aliphatic rings. The second kappa shape index (κ2) is 8.61. The number of aromatic amines is 1. The highest BCUT2D eigenvalue weighted by atomic mass is 35.5. The zero-order chi connectivity index (χ0) is 23.8. The number of Topliss-reactive ketones (excluding diaryl/α,β-unsaturated/α-hetero) is 1. The number of phenolic OH excluding ortho intramolecular Hbond substituents is 1. The molecular weight excluding hydrogens is 466 g/mol. The Kier molecular flexibility index (Phi) is 5.84. The number of aryl methyl sites for hydroxylation is 1. The summed E-state index contributed by atoms with van der Waals surface area (Å²) in [5.41, 5.74) is 1.44. The number of nitrogens with one attached hydrogen (secondary N) is 3. The third-order valence-corrected chi connectivity index (χ3v) is 6.54. The first-order valence-corrected chi connectivity index (χ1v) is 11.6. The second-order valence-corrected chi connectivity index (χ2v) is 9.37. The van der Waals surface area contributed by atoms with Gasteiger partial charge in [-0.3, -0.25) is 14.3 Å². The van der Waals surface area contributed by atoms with Crippen LogP contribution >= 0.6 is 11.6 Å². The van der Waals surface area contributed by atoms with Crippen molar-refractivity contribution in [1.29, 1.82) is 0 Å². The normalized spacial score (nSPS) is 11.3. The van der Waals surface area contributed by atoms with Crippen LogP contribution in [0.5, 0.6) is 5.75 Å². The lowest BCUT2D eigenvalue weighted by molar-refractivity contribution is -0.112. The molecule has 10 heteroatoms. The molecule has 0 saturated carbocycles. The number of hydrogen-bond acceptors (Lipinski definition) is 5. The van der Waals surface area contributed by atoms with Crippen LogP contribution in [-0.4, -0.2) is 30.2 Å². The molecule has 1 aromatic heterocycles. The van der Waals surface area contributed by atoms with Gasteiger partial charge in [0, 0.05) is 21.6 Å². The van der Waals surface area contributed by atoms with Gasteiger partial charge in [-0.15, -0.1) is 0 Å². The Balaban J connectivity index is 1.61. The molecule has 1 amide bonds. The molecule has 0 aliphatic heterocycles. The first-order chi connectivity index (χ1) is 15.7. The Hall–Kier alpha value is -3.82. The molecule has 0 unspecified atom stereocenters. The molecule has 4 N–H and O–H groups in total. The fourth-order valence-electron chi connectivity index (χ4n) is 3.41. The number of hydrogen-bond donors (Lipinski definition) is 4. The Morgan fingerprint density at radius 1 is 1.00 bits per heavy atom. The SMILES string of the molecule is Cc1[nH]c2ccccc2c1C(=O)C(=O)Nc1cc(S(=O)(=O)Nc2cccc(Cl)c2)ccc1O. The molecular formula is C23H18ClN3O5S. The van der Waals surface area contributed by atoms with Crippen LogP contribution in [-0.2, 0) is 14.8 Å². The summed E-state index contributed by atoms with van der Waals surface area (Å²) in [6, 6.07) is 16.5. The second-order valence-electron chi connectivity index (χ2n) is 7.25. The maximum Gasteiger partial charge on any atom is 0.296 e. The first kappa shape index (κ1) is 22.4. The summed E-state index contributed by atoms with van der Waals surface area (Å²) in [5, 5.41) is 13.4. The van der Waals surface area contributed by atoms with Crippen LogP contribution in [0.1, 0.15) is 16.1 Å².